The van der Waals surface area contributed by atoms with Crippen molar-refractivity contribution in [2.24, 2.45) is 11.8 Å². The van der Waals surface area contributed by atoms with Gasteiger partial charge < -0.3 is 5.32 Å². The van der Waals surface area contributed by atoms with Gasteiger partial charge >= 0.3 is 0 Å². The van der Waals surface area contributed by atoms with Crippen molar-refractivity contribution < 1.29 is 9.59 Å². The van der Waals surface area contributed by atoms with Crippen LogP contribution in [0.4, 0.5) is 0 Å². The van der Waals surface area contributed by atoms with E-state index in [9.17, 15) is 9.59 Å². The summed E-state index contributed by atoms with van der Waals surface area (Å²) in [5.74, 6) is 0.0384. The summed E-state index contributed by atoms with van der Waals surface area (Å²) in [5, 5.41) is 2.89. The average Bonchev–Trinajstić information content (AvgIpc) is 3.20. The maximum absolute atomic E-state index is 12.0. The second-order valence-electron chi connectivity index (χ2n) is 5.37. The summed E-state index contributed by atoms with van der Waals surface area (Å²) >= 11 is 0. The molecule has 0 aromatic heterocycles. The molecule has 3 heteroatoms. The van der Waals surface area contributed by atoms with Gasteiger partial charge in [-0.25, -0.2) is 0 Å². The van der Waals surface area contributed by atoms with Crippen molar-refractivity contribution in [1.82, 2.24) is 5.32 Å². The Kier molecular flexibility index (Phi) is 4.72. The zero-order chi connectivity index (χ0) is 13.7. The van der Waals surface area contributed by atoms with Gasteiger partial charge in [-0.15, -0.1) is 0 Å². The molecule has 0 spiro atoms. The molecule has 1 atom stereocenters. The number of nitrogens with one attached hydrogen (secondary N) is 1. The Hall–Kier alpha value is -1.64. The van der Waals surface area contributed by atoms with E-state index < -0.39 is 5.92 Å². The molecule has 0 saturated heterocycles. The third kappa shape index (κ3) is 4.51. The minimum absolute atomic E-state index is 0.0101. The van der Waals surface area contributed by atoms with E-state index in [0.717, 1.165) is 12.8 Å². The van der Waals surface area contributed by atoms with Crippen LogP contribution in [0.3, 0.4) is 0 Å². The molecule has 0 unspecified atom stereocenters. The zero-order valence-corrected chi connectivity index (χ0v) is 11.4. The van der Waals surface area contributed by atoms with Crippen molar-refractivity contribution in [2.75, 3.05) is 6.54 Å². The summed E-state index contributed by atoms with van der Waals surface area (Å²) in [7, 11) is 0. The lowest BCUT2D eigenvalue weighted by Crippen LogP contribution is -2.36. The van der Waals surface area contributed by atoms with Gasteiger partial charge in [0.25, 0.3) is 0 Å². The number of carbonyl (C=O) groups excluding carboxylic acids is 2. The number of rotatable bonds is 7. The van der Waals surface area contributed by atoms with Crippen LogP contribution in [0, 0.1) is 11.8 Å². The Morgan fingerprint density at radius 2 is 1.95 bits per heavy atom. The van der Waals surface area contributed by atoms with E-state index in [2.05, 4.69) is 5.32 Å². The van der Waals surface area contributed by atoms with Crippen LogP contribution in [0.25, 0.3) is 0 Å². The molecule has 1 aromatic carbocycles. The predicted molar refractivity (Wildman–Crippen MR) is 74.7 cm³/mol. The molecule has 1 fully saturated rings. The Bertz CT molecular complexity index is 437. The molecule has 0 heterocycles. The average molecular weight is 259 g/mol. The first-order valence-electron chi connectivity index (χ1n) is 6.99. The lowest BCUT2D eigenvalue weighted by molar-refractivity contribution is -0.133. The van der Waals surface area contributed by atoms with Gasteiger partial charge in [0.15, 0.2) is 0 Å². The summed E-state index contributed by atoms with van der Waals surface area (Å²) in [6, 6.07) is 10.0. The standard InChI is InChI=1S/C16H21NO2/c1-12(18)15(11-14-7-8-14)16(19)17-10-9-13-5-3-2-4-6-13/h2-6,14-15H,7-11H2,1H3,(H,17,19)/t15-/m1/s1. The summed E-state index contributed by atoms with van der Waals surface area (Å²) < 4.78 is 0. The smallest absolute Gasteiger partial charge is 0.230 e. The molecule has 1 saturated carbocycles. The second-order valence-corrected chi connectivity index (χ2v) is 5.37. The van der Waals surface area contributed by atoms with Crippen LogP contribution >= 0.6 is 0 Å². The number of amides is 1. The third-order valence-electron chi connectivity index (χ3n) is 3.63. The molecule has 102 valence electrons. The van der Waals surface area contributed by atoms with Gasteiger partial charge in [0.2, 0.25) is 5.91 Å². The first-order chi connectivity index (χ1) is 9.16. The highest BCUT2D eigenvalue weighted by Gasteiger charge is 2.31. The van der Waals surface area contributed by atoms with Crippen molar-refractivity contribution >= 4 is 11.7 Å². The topological polar surface area (TPSA) is 46.2 Å². The van der Waals surface area contributed by atoms with Crippen molar-refractivity contribution in [3.63, 3.8) is 0 Å². The fourth-order valence-corrected chi connectivity index (χ4v) is 2.24. The highest BCUT2D eigenvalue weighted by atomic mass is 16.2. The highest BCUT2D eigenvalue weighted by Crippen LogP contribution is 2.35. The normalized spacial score (nSPS) is 15.8. The van der Waals surface area contributed by atoms with Gasteiger partial charge in [0.05, 0.1) is 5.92 Å². The summed E-state index contributed by atoms with van der Waals surface area (Å²) in [6.07, 6.45) is 3.87. The molecule has 19 heavy (non-hydrogen) atoms. The molecule has 1 N–H and O–H groups in total. The summed E-state index contributed by atoms with van der Waals surface area (Å²) in [5.41, 5.74) is 1.20. The van der Waals surface area contributed by atoms with Crippen LogP contribution in [0.5, 0.6) is 0 Å². The molecular weight excluding hydrogens is 238 g/mol. The Labute approximate surface area is 114 Å². The fraction of sp³-hybridized carbons (Fsp3) is 0.500. The Morgan fingerprint density at radius 3 is 2.53 bits per heavy atom. The number of benzene rings is 1. The second kappa shape index (κ2) is 6.50. The zero-order valence-electron chi connectivity index (χ0n) is 11.4. The number of carbonyl (C=O) groups is 2. The number of hydrogen-bond acceptors (Lipinski definition) is 2. The Morgan fingerprint density at radius 1 is 1.26 bits per heavy atom. The third-order valence-corrected chi connectivity index (χ3v) is 3.63. The van der Waals surface area contributed by atoms with Gasteiger partial charge in [-0.1, -0.05) is 43.2 Å². The van der Waals surface area contributed by atoms with Crippen LogP contribution < -0.4 is 5.32 Å². The summed E-state index contributed by atoms with van der Waals surface area (Å²) in [4.78, 5) is 23.5. The lowest BCUT2D eigenvalue weighted by Gasteiger charge is -2.13. The first kappa shape index (κ1) is 13.8. The minimum Gasteiger partial charge on any atom is -0.355 e. The molecular formula is C16H21NO2. The van der Waals surface area contributed by atoms with Gasteiger partial charge in [0, 0.05) is 6.54 Å². The molecule has 0 aliphatic heterocycles. The van der Waals surface area contributed by atoms with Crippen molar-refractivity contribution in [3.05, 3.63) is 35.9 Å². The molecule has 1 aliphatic rings. The van der Waals surface area contributed by atoms with E-state index >= 15 is 0 Å². The highest BCUT2D eigenvalue weighted by molar-refractivity contribution is 6.00. The lowest BCUT2D eigenvalue weighted by atomic mass is 9.97. The van der Waals surface area contributed by atoms with Gasteiger partial charge in [-0.3, -0.25) is 9.59 Å². The van der Waals surface area contributed by atoms with E-state index in [-0.39, 0.29) is 11.7 Å². The molecule has 0 bridgehead atoms. The van der Waals surface area contributed by atoms with Crippen LogP contribution in [0.1, 0.15) is 31.7 Å². The van der Waals surface area contributed by atoms with Crippen LogP contribution in [-0.4, -0.2) is 18.2 Å². The molecule has 1 aliphatic carbocycles. The van der Waals surface area contributed by atoms with Crippen molar-refractivity contribution in [2.45, 2.75) is 32.6 Å². The molecule has 1 amide bonds. The van der Waals surface area contributed by atoms with Gasteiger partial charge in [-0.2, -0.15) is 0 Å². The fourth-order valence-electron chi connectivity index (χ4n) is 2.24. The first-order valence-corrected chi connectivity index (χ1v) is 6.99. The van der Waals surface area contributed by atoms with Crippen LogP contribution in [0.15, 0.2) is 30.3 Å². The monoisotopic (exact) mass is 259 g/mol. The van der Waals surface area contributed by atoms with Gasteiger partial charge in [-0.05, 0) is 31.2 Å². The van der Waals surface area contributed by atoms with Crippen molar-refractivity contribution in [1.29, 1.82) is 0 Å². The van der Waals surface area contributed by atoms with E-state index in [0.29, 0.717) is 12.5 Å². The molecule has 0 radical (unpaired) electrons. The predicted octanol–water partition coefficient (Wildman–Crippen LogP) is 2.35. The van der Waals surface area contributed by atoms with E-state index in [1.165, 1.54) is 25.3 Å². The number of Topliss-reactive ketones (excluding diaryl/α,β-unsaturated/α-hetero) is 1. The van der Waals surface area contributed by atoms with Gasteiger partial charge in [0.1, 0.15) is 5.78 Å². The van der Waals surface area contributed by atoms with E-state index in [1.807, 2.05) is 30.3 Å². The minimum atomic E-state index is -0.441. The number of hydrogen-bond donors (Lipinski definition) is 1. The molecule has 1 aromatic rings. The van der Waals surface area contributed by atoms with E-state index in [1.54, 1.807) is 0 Å². The van der Waals surface area contributed by atoms with Crippen LogP contribution in [-0.2, 0) is 16.0 Å². The molecule has 3 nitrogen and oxygen atoms in total. The van der Waals surface area contributed by atoms with Crippen LogP contribution in [0.2, 0.25) is 0 Å². The van der Waals surface area contributed by atoms with Crippen molar-refractivity contribution in [3.8, 4) is 0 Å². The largest absolute Gasteiger partial charge is 0.355 e. The molecule has 2 rings (SSSR count). The maximum atomic E-state index is 12.0. The van der Waals surface area contributed by atoms with E-state index in [4.69, 9.17) is 0 Å². The number of ketones is 1. The SMILES string of the molecule is CC(=O)[C@@H](CC1CC1)C(=O)NCCc1ccccc1. The quantitative estimate of drug-likeness (QED) is 0.764. The summed E-state index contributed by atoms with van der Waals surface area (Å²) in [6.45, 7) is 2.11. The Balaban J connectivity index is 1.77. The maximum Gasteiger partial charge on any atom is 0.230 e.